The quantitative estimate of drug-likeness (QED) is 0.700. The Balaban J connectivity index is 1.79. The summed E-state index contributed by atoms with van der Waals surface area (Å²) < 4.78 is 22.3. The fourth-order valence-electron chi connectivity index (χ4n) is 3.30. The van der Waals surface area contributed by atoms with Crippen LogP contribution in [0, 0.1) is 6.92 Å². The molecular weight excluding hydrogens is 368 g/mol. The minimum Gasteiger partial charge on any atom is -0.353 e. The number of hydrogen-bond donors (Lipinski definition) is 2. The van der Waals surface area contributed by atoms with E-state index < -0.39 is 10.0 Å². The molecule has 8 heteroatoms. The third kappa shape index (κ3) is 3.44. The Morgan fingerprint density at radius 3 is 2.69 bits per heavy atom. The average molecular weight is 389 g/mol. The van der Waals surface area contributed by atoms with Crippen LogP contribution < -0.4 is 10.5 Å². The number of nitrogens with two attached hydrogens (primary N) is 1. The van der Waals surface area contributed by atoms with Crippen LogP contribution in [0.4, 0.5) is 5.95 Å². The van der Waals surface area contributed by atoms with Crippen LogP contribution in [0.5, 0.6) is 0 Å². The molecule has 0 atom stereocenters. The first-order valence-corrected chi connectivity index (χ1v) is 11.1. The number of sulfonamides is 1. The van der Waals surface area contributed by atoms with Crippen LogP contribution in [0.2, 0.25) is 0 Å². The Labute approximate surface area is 156 Å². The first-order valence-electron chi connectivity index (χ1n) is 8.54. The topological polar surface area (TPSA) is 98.0 Å². The van der Waals surface area contributed by atoms with Crippen molar-refractivity contribution in [2.45, 2.75) is 26.2 Å². The standard InChI is InChI=1S/C18H20N4O2S2/c1-11-5-7-12(8-6-11)16-15-13-3-2-4-14(13)25-17(15)22-18(21-16)20-9-10-26(19,23)24/h5-8H,2-4,9-10H2,1H3,(H2,19,23,24)(H,20,21,22). The maximum Gasteiger partial charge on any atom is 0.224 e. The summed E-state index contributed by atoms with van der Waals surface area (Å²) in [5.74, 6) is 0.284. The maximum atomic E-state index is 11.1. The van der Waals surface area contributed by atoms with E-state index in [4.69, 9.17) is 10.1 Å². The zero-order valence-electron chi connectivity index (χ0n) is 14.4. The van der Waals surface area contributed by atoms with E-state index in [9.17, 15) is 8.42 Å². The molecule has 0 spiro atoms. The highest BCUT2D eigenvalue weighted by atomic mass is 32.2. The summed E-state index contributed by atoms with van der Waals surface area (Å²) in [6.07, 6.45) is 3.34. The second kappa shape index (κ2) is 6.61. The molecule has 2 heterocycles. The SMILES string of the molecule is Cc1ccc(-c2nc(NCCS(N)(=O)=O)nc3sc4c(c23)CCC4)cc1. The van der Waals surface area contributed by atoms with Gasteiger partial charge >= 0.3 is 0 Å². The molecule has 0 amide bonds. The zero-order valence-corrected chi connectivity index (χ0v) is 16.1. The van der Waals surface area contributed by atoms with Crippen molar-refractivity contribution in [3.05, 3.63) is 40.3 Å². The number of aryl methyl sites for hydroxylation is 3. The maximum absolute atomic E-state index is 11.1. The van der Waals surface area contributed by atoms with Crippen molar-refractivity contribution in [1.29, 1.82) is 0 Å². The van der Waals surface area contributed by atoms with Gasteiger partial charge in [-0.15, -0.1) is 11.3 Å². The van der Waals surface area contributed by atoms with Gasteiger partial charge in [-0.05, 0) is 31.7 Å². The lowest BCUT2D eigenvalue weighted by Gasteiger charge is -2.09. The molecule has 0 unspecified atom stereocenters. The highest BCUT2D eigenvalue weighted by Gasteiger charge is 2.23. The van der Waals surface area contributed by atoms with Crippen molar-refractivity contribution in [2.24, 2.45) is 5.14 Å². The van der Waals surface area contributed by atoms with Crippen molar-refractivity contribution in [2.75, 3.05) is 17.6 Å². The van der Waals surface area contributed by atoms with Gasteiger partial charge in [-0.2, -0.15) is 0 Å². The van der Waals surface area contributed by atoms with Crippen LogP contribution in [0.25, 0.3) is 21.5 Å². The summed E-state index contributed by atoms with van der Waals surface area (Å²) in [6.45, 7) is 2.24. The minimum atomic E-state index is -3.52. The van der Waals surface area contributed by atoms with Gasteiger partial charge < -0.3 is 5.32 Å². The predicted molar refractivity (Wildman–Crippen MR) is 106 cm³/mol. The van der Waals surface area contributed by atoms with Crippen molar-refractivity contribution in [1.82, 2.24) is 9.97 Å². The lowest BCUT2D eigenvalue weighted by Crippen LogP contribution is -2.23. The summed E-state index contributed by atoms with van der Waals surface area (Å²) in [7, 11) is -3.52. The highest BCUT2D eigenvalue weighted by molar-refractivity contribution is 7.89. The van der Waals surface area contributed by atoms with Crippen LogP contribution >= 0.6 is 11.3 Å². The van der Waals surface area contributed by atoms with E-state index in [-0.39, 0.29) is 12.3 Å². The van der Waals surface area contributed by atoms with Crippen LogP contribution in [0.3, 0.4) is 0 Å². The van der Waals surface area contributed by atoms with Crippen molar-refractivity contribution in [3.8, 4) is 11.3 Å². The van der Waals surface area contributed by atoms with Crippen molar-refractivity contribution < 1.29 is 8.42 Å². The van der Waals surface area contributed by atoms with Gasteiger partial charge in [-0.1, -0.05) is 29.8 Å². The molecule has 0 aliphatic heterocycles. The van der Waals surface area contributed by atoms with Gasteiger partial charge in [0, 0.05) is 22.4 Å². The van der Waals surface area contributed by atoms with Crippen LogP contribution in [-0.2, 0) is 22.9 Å². The summed E-state index contributed by atoms with van der Waals surface area (Å²) in [5, 5.41) is 9.21. The summed E-state index contributed by atoms with van der Waals surface area (Å²) in [5.41, 5.74) is 4.52. The third-order valence-corrected chi connectivity index (χ3v) is 6.52. The minimum absolute atomic E-state index is 0.158. The molecule has 2 aromatic heterocycles. The van der Waals surface area contributed by atoms with Crippen molar-refractivity contribution >= 4 is 37.5 Å². The first kappa shape index (κ1) is 17.4. The van der Waals surface area contributed by atoms with Crippen LogP contribution in [0.1, 0.15) is 22.4 Å². The molecule has 26 heavy (non-hydrogen) atoms. The molecule has 0 saturated carbocycles. The Morgan fingerprint density at radius 1 is 1.19 bits per heavy atom. The molecule has 1 aliphatic rings. The Morgan fingerprint density at radius 2 is 1.96 bits per heavy atom. The molecular formula is C18H20N4O2S2. The number of primary sulfonamides is 1. The van der Waals surface area contributed by atoms with Crippen LogP contribution in [-0.4, -0.2) is 30.7 Å². The number of nitrogens with zero attached hydrogens (tertiary/aromatic N) is 2. The number of fused-ring (bicyclic) bond motifs is 3. The number of nitrogens with one attached hydrogen (secondary N) is 1. The molecule has 1 aromatic carbocycles. The number of rotatable bonds is 5. The normalized spacial score (nSPS) is 13.9. The molecule has 0 radical (unpaired) electrons. The molecule has 0 saturated heterocycles. The molecule has 3 N–H and O–H groups in total. The van der Waals surface area contributed by atoms with Gasteiger partial charge in [-0.25, -0.2) is 23.5 Å². The number of aromatic nitrogens is 2. The lowest BCUT2D eigenvalue weighted by molar-refractivity contribution is 0.598. The average Bonchev–Trinajstić information content (AvgIpc) is 3.14. The van der Waals surface area contributed by atoms with E-state index in [0.717, 1.165) is 34.3 Å². The monoisotopic (exact) mass is 388 g/mol. The van der Waals surface area contributed by atoms with Crippen molar-refractivity contribution in [3.63, 3.8) is 0 Å². The fraction of sp³-hybridized carbons (Fsp3) is 0.333. The Hall–Kier alpha value is -2.03. The molecule has 3 aromatic rings. The molecule has 136 valence electrons. The molecule has 1 aliphatic carbocycles. The fourth-order valence-corrected chi connectivity index (χ4v) is 4.95. The second-order valence-corrected chi connectivity index (χ2v) is 9.41. The zero-order chi connectivity index (χ0) is 18.3. The van der Waals surface area contributed by atoms with Gasteiger partial charge in [-0.3, -0.25) is 0 Å². The van der Waals surface area contributed by atoms with E-state index in [1.54, 1.807) is 11.3 Å². The highest BCUT2D eigenvalue weighted by Crippen LogP contribution is 2.41. The predicted octanol–water partition coefficient (Wildman–Crippen LogP) is 2.86. The summed E-state index contributed by atoms with van der Waals surface area (Å²) >= 11 is 1.72. The van der Waals surface area contributed by atoms with E-state index in [0.29, 0.717) is 5.95 Å². The van der Waals surface area contributed by atoms with Gasteiger partial charge in [0.1, 0.15) is 4.83 Å². The lowest BCUT2D eigenvalue weighted by atomic mass is 10.0. The summed E-state index contributed by atoms with van der Waals surface area (Å²) in [4.78, 5) is 11.7. The van der Waals surface area contributed by atoms with Gasteiger partial charge in [0.25, 0.3) is 0 Å². The molecule has 0 fully saturated rings. The van der Waals surface area contributed by atoms with Gasteiger partial charge in [0.05, 0.1) is 11.4 Å². The van der Waals surface area contributed by atoms with E-state index in [1.807, 2.05) is 0 Å². The molecule has 4 rings (SSSR count). The molecule has 6 nitrogen and oxygen atoms in total. The van der Waals surface area contributed by atoms with Gasteiger partial charge in [0.2, 0.25) is 16.0 Å². The van der Waals surface area contributed by atoms with Gasteiger partial charge in [0.15, 0.2) is 0 Å². The Bertz CT molecular complexity index is 1070. The van der Waals surface area contributed by atoms with E-state index >= 15 is 0 Å². The molecule has 0 bridgehead atoms. The second-order valence-electron chi connectivity index (χ2n) is 6.59. The number of anilines is 1. The summed E-state index contributed by atoms with van der Waals surface area (Å²) in [6, 6.07) is 8.29. The first-order chi connectivity index (χ1) is 12.4. The number of hydrogen-bond acceptors (Lipinski definition) is 6. The van der Waals surface area contributed by atoms with E-state index in [1.165, 1.54) is 22.4 Å². The number of thiophene rings is 1. The smallest absolute Gasteiger partial charge is 0.224 e. The third-order valence-electron chi connectivity index (χ3n) is 4.56. The largest absolute Gasteiger partial charge is 0.353 e. The Kier molecular flexibility index (Phi) is 4.42. The van der Waals surface area contributed by atoms with Crippen LogP contribution in [0.15, 0.2) is 24.3 Å². The number of benzene rings is 1. The van der Waals surface area contributed by atoms with E-state index in [2.05, 4.69) is 41.5 Å².